The van der Waals surface area contributed by atoms with E-state index in [4.69, 9.17) is 9.47 Å². The van der Waals surface area contributed by atoms with Gasteiger partial charge in [-0.1, -0.05) is 0 Å². The van der Waals surface area contributed by atoms with Crippen LogP contribution in [0, 0.1) is 5.92 Å². The third kappa shape index (κ3) is 5.36. The number of nitrogens with zero attached hydrogens (tertiary/aromatic N) is 2. The normalized spacial score (nSPS) is 26.5. The Hall–Kier alpha value is -1.79. The highest BCUT2D eigenvalue weighted by molar-refractivity contribution is 5.87. The highest BCUT2D eigenvalue weighted by Gasteiger charge is 2.42. The predicted molar refractivity (Wildman–Crippen MR) is 101 cm³/mol. The molecule has 0 N–H and O–H groups in total. The Balaban J connectivity index is 2.11. The second-order valence-corrected chi connectivity index (χ2v) is 8.46. The molecule has 27 heavy (non-hydrogen) atoms. The molecule has 0 aromatic heterocycles. The fourth-order valence-electron chi connectivity index (χ4n) is 3.94. The average molecular weight is 383 g/mol. The minimum Gasteiger partial charge on any atom is -0.464 e. The number of carbonyl (C=O) groups excluding carboxylic acids is 3. The molecule has 2 aliphatic heterocycles. The molecule has 0 aromatic carbocycles. The Morgan fingerprint density at radius 3 is 2.30 bits per heavy atom. The Kier molecular flexibility index (Phi) is 7.12. The Morgan fingerprint density at radius 2 is 1.67 bits per heavy atom. The van der Waals surface area contributed by atoms with E-state index in [0.29, 0.717) is 32.5 Å². The summed E-state index contributed by atoms with van der Waals surface area (Å²) in [4.78, 5) is 41.4. The molecule has 7 nitrogen and oxygen atoms in total. The van der Waals surface area contributed by atoms with E-state index in [9.17, 15) is 14.4 Å². The van der Waals surface area contributed by atoms with E-state index < -0.39 is 11.6 Å². The van der Waals surface area contributed by atoms with Gasteiger partial charge >= 0.3 is 12.1 Å². The molecular formula is C20H34N2O5. The summed E-state index contributed by atoms with van der Waals surface area (Å²) in [7, 11) is 0. The zero-order valence-electron chi connectivity index (χ0n) is 17.3. The lowest BCUT2D eigenvalue weighted by Crippen LogP contribution is -2.57. The van der Waals surface area contributed by atoms with Crippen LogP contribution in [0.5, 0.6) is 0 Å². The van der Waals surface area contributed by atoms with E-state index in [1.54, 1.807) is 16.7 Å². The summed E-state index contributed by atoms with van der Waals surface area (Å²) in [6, 6.07) is -0.763. The molecule has 0 radical (unpaired) electrons. The number of likely N-dealkylation sites (tertiary alicyclic amines) is 2. The van der Waals surface area contributed by atoms with Crippen molar-refractivity contribution in [2.45, 2.75) is 84.4 Å². The van der Waals surface area contributed by atoms with Gasteiger partial charge < -0.3 is 19.3 Å². The first-order chi connectivity index (χ1) is 12.7. The van der Waals surface area contributed by atoms with Gasteiger partial charge in [0.05, 0.1) is 12.5 Å². The Labute approximate surface area is 162 Å². The number of amides is 2. The lowest BCUT2D eigenvalue weighted by Gasteiger charge is -2.43. The van der Waals surface area contributed by atoms with Crippen molar-refractivity contribution in [2.75, 3.05) is 19.7 Å². The predicted octanol–water partition coefficient (Wildman–Crippen LogP) is 2.97. The van der Waals surface area contributed by atoms with Crippen LogP contribution in [0.1, 0.15) is 66.7 Å². The van der Waals surface area contributed by atoms with E-state index in [2.05, 4.69) is 0 Å². The standard InChI is InChI=1S/C20H34N2O5/c1-6-26-18(24)16-11-7-8-12-22(16)17(23)15-10-9-13-21(14(15)2)19(25)27-20(3,4)5/h14-16H,6-13H2,1-5H3/t14-,15-,16+/m1/s1. The monoisotopic (exact) mass is 382 g/mol. The maximum Gasteiger partial charge on any atom is 0.410 e. The van der Waals surface area contributed by atoms with Crippen molar-refractivity contribution in [1.82, 2.24) is 9.80 Å². The van der Waals surface area contributed by atoms with Crippen LogP contribution in [0.2, 0.25) is 0 Å². The van der Waals surface area contributed by atoms with E-state index in [1.165, 1.54) is 0 Å². The van der Waals surface area contributed by atoms with E-state index >= 15 is 0 Å². The fourth-order valence-corrected chi connectivity index (χ4v) is 3.94. The van der Waals surface area contributed by atoms with Crippen LogP contribution in [0.3, 0.4) is 0 Å². The van der Waals surface area contributed by atoms with Crippen LogP contribution < -0.4 is 0 Å². The van der Waals surface area contributed by atoms with Crippen LogP contribution in [-0.4, -0.2) is 65.2 Å². The zero-order chi connectivity index (χ0) is 20.2. The van der Waals surface area contributed by atoms with Gasteiger partial charge in [0.2, 0.25) is 5.91 Å². The van der Waals surface area contributed by atoms with E-state index in [0.717, 1.165) is 19.3 Å². The van der Waals surface area contributed by atoms with Gasteiger partial charge in [0, 0.05) is 19.1 Å². The summed E-state index contributed by atoms with van der Waals surface area (Å²) in [6.45, 7) is 10.6. The molecule has 7 heteroatoms. The summed E-state index contributed by atoms with van der Waals surface area (Å²) in [5.41, 5.74) is -0.574. The summed E-state index contributed by atoms with van der Waals surface area (Å²) in [5, 5.41) is 0. The number of carbonyl (C=O) groups is 3. The first-order valence-electron chi connectivity index (χ1n) is 10.1. The molecular weight excluding hydrogens is 348 g/mol. The van der Waals surface area contributed by atoms with Crippen molar-refractivity contribution in [2.24, 2.45) is 5.92 Å². The van der Waals surface area contributed by atoms with E-state index in [1.807, 2.05) is 27.7 Å². The Bertz CT molecular complexity index is 557. The third-order valence-electron chi connectivity index (χ3n) is 5.28. The molecule has 0 saturated carbocycles. The van der Waals surface area contributed by atoms with Crippen molar-refractivity contribution >= 4 is 18.0 Å². The second kappa shape index (κ2) is 8.93. The van der Waals surface area contributed by atoms with E-state index in [-0.39, 0.29) is 29.9 Å². The number of esters is 1. The topological polar surface area (TPSA) is 76.2 Å². The van der Waals surface area contributed by atoms with Gasteiger partial charge in [0.15, 0.2) is 0 Å². The number of rotatable bonds is 3. The quantitative estimate of drug-likeness (QED) is 0.702. The maximum absolute atomic E-state index is 13.3. The van der Waals surface area contributed by atoms with Gasteiger partial charge in [0.1, 0.15) is 11.6 Å². The van der Waals surface area contributed by atoms with Crippen molar-refractivity contribution in [1.29, 1.82) is 0 Å². The summed E-state index contributed by atoms with van der Waals surface area (Å²) < 4.78 is 10.7. The van der Waals surface area contributed by atoms with Gasteiger partial charge in [-0.15, -0.1) is 0 Å². The fraction of sp³-hybridized carbons (Fsp3) is 0.850. The number of piperidine rings is 2. The minimum absolute atomic E-state index is 0.0477. The third-order valence-corrected chi connectivity index (χ3v) is 5.28. The number of hydrogen-bond donors (Lipinski definition) is 0. The molecule has 154 valence electrons. The lowest BCUT2D eigenvalue weighted by atomic mass is 9.87. The molecule has 2 amide bonds. The molecule has 2 aliphatic rings. The van der Waals surface area contributed by atoms with Crippen molar-refractivity contribution < 1.29 is 23.9 Å². The molecule has 0 aliphatic carbocycles. The van der Waals surface area contributed by atoms with Crippen LogP contribution >= 0.6 is 0 Å². The highest BCUT2D eigenvalue weighted by Crippen LogP contribution is 2.30. The minimum atomic E-state index is -0.574. The molecule has 2 fully saturated rings. The van der Waals surface area contributed by atoms with Crippen LogP contribution in [0.25, 0.3) is 0 Å². The molecule has 0 bridgehead atoms. The summed E-state index contributed by atoms with van der Waals surface area (Å²) >= 11 is 0. The van der Waals surface area contributed by atoms with Crippen molar-refractivity contribution in [3.8, 4) is 0 Å². The molecule has 3 atom stereocenters. The smallest absolute Gasteiger partial charge is 0.410 e. The molecule has 0 aromatic rings. The number of hydrogen-bond acceptors (Lipinski definition) is 5. The van der Waals surface area contributed by atoms with Crippen molar-refractivity contribution in [3.05, 3.63) is 0 Å². The maximum atomic E-state index is 13.3. The van der Waals surface area contributed by atoms with Gasteiger partial charge in [0.25, 0.3) is 0 Å². The SMILES string of the molecule is CCOC(=O)[C@@H]1CCCCN1C(=O)[C@@H]1CCCN(C(=O)OC(C)(C)C)[C@@H]1C. The van der Waals surface area contributed by atoms with Gasteiger partial charge in [-0.25, -0.2) is 9.59 Å². The van der Waals surface area contributed by atoms with Crippen LogP contribution in [-0.2, 0) is 19.1 Å². The molecule has 2 heterocycles. The highest BCUT2D eigenvalue weighted by atomic mass is 16.6. The average Bonchev–Trinajstić information content (AvgIpc) is 2.60. The van der Waals surface area contributed by atoms with Crippen LogP contribution in [0.15, 0.2) is 0 Å². The van der Waals surface area contributed by atoms with Gasteiger partial charge in [-0.2, -0.15) is 0 Å². The molecule has 2 rings (SSSR count). The second-order valence-electron chi connectivity index (χ2n) is 8.46. The summed E-state index contributed by atoms with van der Waals surface area (Å²) in [6.07, 6.45) is 3.52. The summed E-state index contributed by atoms with van der Waals surface area (Å²) in [5.74, 6) is -0.687. The molecule has 0 spiro atoms. The van der Waals surface area contributed by atoms with Gasteiger partial charge in [-0.3, -0.25) is 4.79 Å². The molecule has 2 saturated heterocycles. The zero-order valence-corrected chi connectivity index (χ0v) is 17.3. The largest absolute Gasteiger partial charge is 0.464 e. The number of ether oxygens (including phenoxy) is 2. The van der Waals surface area contributed by atoms with Crippen molar-refractivity contribution in [3.63, 3.8) is 0 Å². The lowest BCUT2D eigenvalue weighted by molar-refractivity contribution is -0.159. The molecule has 0 unspecified atom stereocenters. The van der Waals surface area contributed by atoms with Gasteiger partial charge in [-0.05, 0) is 66.7 Å². The Morgan fingerprint density at radius 1 is 1.00 bits per heavy atom. The van der Waals surface area contributed by atoms with Crippen LogP contribution in [0.4, 0.5) is 4.79 Å². The first-order valence-corrected chi connectivity index (χ1v) is 10.1. The first kappa shape index (κ1) is 21.5.